The molecule has 0 radical (unpaired) electrons. The number of hydrogen-bond acceptors (Lipinski definition) is 18. The van der Waals surface area contributed by atoms with E-state index >= 15 is 0 Å². The second kappa shape index (κ2) is 25.5. The van der Waals surface area contributed by atoms with E-state index in [0.717, 1.165) is 61.4 Å². The van der Waals surface area contributed by atoms with Crippen LogP contribution in [0, 0.1) is 0 Å². The maximum atomic E-state index is 13.0. The summed E-state index contributed by atoms with van der Waals surface area (Å²) in [7, 11) is 7.03. The molecule has 6 fully saturated rings. The van der Waals surface area contributed by atoms with E-state index in [9.17, 15) is 28.8 Å². The molecule has 6 amide bonds. The zero-order valence-electron chi connectivity index (χ0n) is 52.5. The Morgan fingerprint density at radius 1 is 0.607 bits per heavy atom. The smallest absolute Gasteiger partial charge is 0.415 e. The predicted octanol–water partition coefficient (Wildman–Crippen LogP) is 10.4. The molecule has 2 saturated carbocycles. The highest BCUT2D eigenvalue weighted by Crippen LogP contribution is 2.40. The van der Waals surface area contributed by atoms with E-state index in [1.165, 1.54) is 17.7 Å². The Morgan fingerprint density at radius 3 is 1.48 bits per heavy atom. The predicted molar refractivity (Wildman–Crippen MR) is 334 cm³/mol. The van der Waals surface area contributed by atoms with Crippen molar-refractivity contribution in [1.82, 2.24) is 58.6 Å². The van der Waals surface area contributed by atoms with E-state index < -0.39 is 40.7 Å². The molecule has 2 atom stereocenters. The maximum absolute atomic E-state index is 13.0. The number of halogens is 1. The molecule has 3 N–H and O–H groups in total. The van der Waals surface area contributed by atoms with Gasteiger partial charge in [0.25, 0.3) is 11.8 Å². The van der Waals surface area contributed by atoms with Crippen molar-refractivity contribution in [3.8, 4) is 0 Å². The number of fused-ring (bicyclic) bond motifs is 2. The number of likely N-dealkylation sites (tertiary alicyclic amines) is 2. The number of piperidine rings is 2. The average Bonchev–Trinajstić information content (AvgIpc) is 1.80. The number of anilines is 5. The number of nitrogens with zero attached hydrogens (tertiary/aromatic N) is 14. The summed E-state index contributed by atoms with van der Waals surface area (Å²) in [5.74, 6) is 1.19. The number of pyridine rings is 2. The molecular weight excluding hydrogens is 1160 g/mol. The summed E-state index contributed by atoms with van der Waals surface area (Å²) in [5, 5.41) is 5.06. The molecule has 89 heavy (non-hydrogen) atoms. The van der Waals surface area contributed by atoms with Gasteiger partial charge >= 0.3 is 24.4 Å². The number of aromatic nitrogens is 8. The first-order valence-electron chi connectivity index (χ1n) is 30.4. The third-order valence-electron chi connectivity index (χ3n) is 16.5. The molecule has 4 aliphatic heterocycles. The largest absolute Gasteiger partial charge is 0.444 e. The molecule has 27 heteroatoms. The van der Waals surface area contributed by atoms with Crippen LogP contribution in [0.25, 0.3) is 22.1 Å². The van der Waals surface area contributed by atoms with E-state index in [-0.39, 0.29) is 35.8 Å². The van der Waals surface area contributed by atoms with Gasteiger partial charge in [0.1, 0.15) is 56.7 Å². The summed E-state index contributed by atoms with van der Waals surface area (Å²) in [4.78, 5) is 111. The number of nitrogens with one attached hydrogen (secondary N) is 1. The van der Waals surface area contributed by atoms with Crippen molar-refractivity contribution in [2.24, 2.45) is 0 Å². The fourth-order valence-corrected chi connectivity index (χ4v) is 12.6. The highest BCUT2D eigenvalue weighted by Gasteiger charge is 2.51. The van der Waals surface area contributed by atoms with Gasteiger partial charge < -0.3 is 58.7 Å². The normalized spacial score (nSPS) is 20.5. The van der Waals surface area contributed by atoms with Gasteiger partial charge in [-0.1, -0.05) is 25.7 Å². The molecule has 2 unspecified atom stereocenters. The molecular formula is C62H81ClN16O10. The number of rotatable bonds is 8. The Hall–Kier alpha value is -8.55. The summed E-state index contributed by atoms with van der Waals surface area (Å²) in [6, 6.07) is 11.2. The zero-order chi connectivity index (χ0) is 63.7. The van der Waals surface area contributed by atoms with E-state index in [2.05, 4.69) is 39.4 Å². The summed E-state index contributed by atoms with van der Waals surface area (Å²) < 4.78 is 26.6. The average molecular weight is 1250 g/mol. The van der Waals surface area contributed by atoms with Gasteiger partial charge in [0.2, 0.25) is 11.2 Å². The van der Waals surface area contributed by atoms with Crippen LogP contribution in [0.3, 0.4) is 0 Å². The lowest BCUT2D eigenvalue weighted by Gasteiger charge is -2.38. The van der Waals surface area contributed by atoms with Crippen LogP contribution in [0.4, 0.5) is 48.1 Å². The number of carbonyl (C=O) groups excluding carboxylic acids is 6. The third kappa shape index (κ3) is 14.5. The first kappa shape index (κ1) is 63.5. The van der Waals surface area contributed by atoms with Gasteiger partial charge in [-0.25, -0.2) is 39.1 Å². The highest BCUT2D eigenvalue weighted by molar-refractivity contribution is 6.28. The molecule has 2 aliphatic carbocycles. The van der Waals surface area contributed by atoms with Crippen LogP contribution in [0.5, 0.6) is 0 Å². The molecule has 6 aliphatic rings. The van der Waals surface area contributed by atoms with Gasteiger partial charge in [-0.15, -0.1) is 0 Å². The lowest BCUT2D eigenvalue weighted by Crippen LogP contribution is -2.53. The van der Waals surface area contributed by atoms with Crippen molar-refractivity contribution < 1.29 is 47.7 Å². The third-order valence-corrected chi connectivity index (χ3v) is 16.6. The monoisotopic (exact) mass is 1240 g/mol. The molecule has 26 nitrogen and oxygen atoms in total. The van der Waals surface area contributed by atoms with Crippen LogP contribution < -0.4 is 20.9 Å². The van der Waals surface area contributed by atoms with E-state index in [1.54, 1.807) is 102 Å². The van der Waals surface area contributed by atoms with Gasteiger partial charge in [0, 0.05) is 76.5 Å². The van der Waals surface area contributed by atoms with Gasteiger partial charge in [-0.3, -0.25) is 19.4 Å². The summed E-state index contributed by atoms with van der Waals surface area (Å²) in [6.45, 7) is 13.4. The lowest BCUT2D eigenvalue weighted by molar-refractivity contribution is -0.0275. The van der Waals surface area contributed by atoms with Crippen LogP contribution in [-0.2, 0) is 18.9 Å². The first-order valence-corrected chi connectivity index (χ1v) is 30.8. The minimum Gasteiger partial charge on any atom is -0.444 e. The van der Waals surface area contributed by atoms with Crippen LogP contribution in [-0.4, -0.2) is 185 Å². The molecule has 6 aromatic rings. The molecule has 10 heterocycles. The van der Waals surface area contributed by atoms with Crippen molar-refractivity contribution in [2.45, 2.75) is 153 Å². The molecule has 0 aromatic carbocycles. The van der Waals surface area contributed by atoms with Crippen LogP contribution in [0.1, 0.15) is 152 Å². The van der Waals surface area contributed by atoms with Gasteiger partial charge in [-0.2, -0.15) is 9.97 Å². The van der Waals surface area contributed by atoms with Crippen molar-refractivity contribution in [2.75, 3.05) is 88.3 Å². The van der Waals surface area contributed by atoms with Crippen molar-refractivity contribution >= 4 is 98.8 Å². The lowest BCUT2D eigenvalue weighted by atomic mass is 9.93. The molecule has 0 bridgehead atoms. The van der Waals surface area contributed by atoms with Crippen molar-refractivity contribution in [3.05, 3.63) is 77.9 Å². The number of carbonyl (C=O) groups is 6. The van der Waals surface area contributed by atoms with E-state index in [4.69, 9.17) is 41.3 Å². The fourth-order valence-electron chi connectivity index (χ4n) is 12.4. The van der Waals surface area contributed by atoms with Crippen LogP contribution in [0.2, 0.25) is 5.28 Å². The minimum atomic E-state index is -0.798. The second-order valence-corrected chi connectivity index (χ2v) is 26.6. The summed E-state index contributed by atoms with van der Waals surface area (Å²) in [5.41, 5.74) is 6.91. The maximum Gasteiger partial charge on any atom is 0.415 e. The quantitative estimate of drug-likeness (QED) is 0.106. The number of ether oxygens (including phenoxy) is 4. The summed E-state index contributed by atoms with van der Waals surface area (Å²) in [6.07, 6.45) is 16.5. The number of nitrogen functional groups attached to an aromatic ring is 1. The Kier molecular flexibility index (Phi) is 18.2. The minimum absolute atomic E-state index is 0.00831. The van der Waals surface area contributed by atoms with Crippen molar-refractivity contribution in [1.29, 1.82) is 0 Å². The summed E-state index contributed by atoms with van der Waals surface area (Å²) >= 11 is 5.92. The Balaban J connectivity index is 0.000000163. The first-order chi connectivity index (χ1) is 42.2. The van der Waals surface area contributed by atoms with Crippen molar-refractivity contribution in [3.63, 3.8) is 0 Å². The molecule has 12 rings (SSSR count). The topological polar surface area (TPSA) is 284 Å². The molecule has 4 saturated heterocycles. The second-order valence-electron chi connectivity index (χ2n) is 26.2. The fraction of sp³-hybridized carbons (Fsp3) is 0.548. The van der Waals surface area contributed by atoms with Gasteiger partial charge in [0.05, 0.1) is 49.9 Å². The highest BCUT2D eigenvalue weighted by atomic mass is 35.5. The van der Waals surface area contributed by atoms with Crippen LogP contribution >= 0.6 is 11.6 Å². The van der Waals surface area contributed by atoms with E-state index in [1.807, 2.05) is 53.7 Å². The molecule has 2 spiro atoms. The molecule has 476 valence electrons. The van der Waals surface area contributed by atoms with E-state index in [0.29, 0.717) is 104 Å². The zero-order valence-corrected chi connectivity index (χ0v) is 53.2. The van der Waals surface area contributed by atoms with Gasteiger partial charge in [-0.05, 0) is 141 Å². The Morgan fingerprint density at radius 2 is 1.06 bits per heavy atom. The van der Waals surface area contributed by atoms with Gasteiger partial charge in [0.15, 0.2) is 0 Å². The Bertz CT molecular complexity index is 3610. The standard InChI is InChI=1S/C31H40N8O5.C17H24N4O4.C14H17ClN4O/c1-30(2,3)43-28(41)37-14-8-13-31(18-37)19-38(29(42)44-31)22-11-12-24(32-17-22)34-27-33-16-20-15-23(26(40)36(4)5)39(25(20)35-27)21-9-6-7-10-21;1-16(2,3)24-14(22)20-8-4-7-17(10-20)11-21(15(23)25-17)12-5-6-13(18)19-9-12;1-18(2)13(20)11-7-9-8-16-14(15)17-12(9)19(11)10-5-3-4-6-10/h11-12,15-17,21H,6-10,13-14,18-19H2,1-5H3,(H,32,33,34,35);5-6,9H,4,7-8,10-11H2,1-3H3,(H2,18,19);7-8,10H,3-6H2,1-2H3. The number of nitrogens with two attached hydrogens (primary N) is 1. The number of hydrogen-bond donors (Lipinski definition) is 2. The Labute approximate surface area is 522 Å². The van der Waals surface area contributed by atoms with Crippen LogP contribution in [0.15, 0.2) is 61.2 Å². The number of amides is 6. The molecule has 6 aromatic heterocycles. The SMILES string of the molecule is CC(C)(C)OC(=O)N1CCCC2(C1)CN(c1ccc(N)nc1)C(=O)O2.CN(C)C(=O)c1cc2cnc(Cl)nc2n1C1CCCC1.CN(C)C(=O)c1cc2cnc(Nc3ccc(N4CC5(CCCN(C(=O)OC(C)(C)C)C5)OC4=O)cn3)nc2n1C1CCCC1.